The zero-order chi connectivity index (χ0) is 15.4. The van der Waals surface area contributed by atoms with Gasteiger partial charge in [0.15, 0.2) is 0 Å². The van der Waals surface area contributed by atoms with E-state index in [1.807, 2.05) is 19.1 Å². The molecule has 3 heteroatoms. The Hall–Kier alpha value is -1.77. The van der Waals surface area contributed by atoms with E-state index in [1.165, 1.54) is 5.56 Å². The van der Waals surface area contributed by atoms with E-state index in [1.54, 1.807) is 0 Å². The Kier molecular flexibility index (Phi) is 5.05. The highest BCUT2D eigenvalue weighted by molar-refractivity contribution is 6.04. The molecule has 0 spiro atoms. The van der Waals surface area contributed by atoms with Gasteiger partial charge in [0.25, 0.3) is 0 Å². The lowest BCUT2D eigenvalue weighted by atomic mass is 10.0. The minimum Gasteiger partial charge on any atom is -0.462 e. The molecule has 21 heavy (non-hydrogen) atoms. The van der Waals surface area contributed by atoms with Gasteiger partial charge < -0.3 is 9.15 Å². The lowest BCUT2D eigenvalue weighted by Gasteiger charge is -2.05. The SMILES string of the molecule is CCCCCOC(=O)c1c(C)oc2cc(C(C)C)ccc12. The molecular formula is C18H24O3. The summed E-state index contributed by atoms with van der Waals surface area (Å²) in [5.41, 5.74) is 2.54. The van der Waals surface area contributed by atoms with Gasteiger partial charge in [-0.2, -0.15) is 0 Å². The molecule has 0 N–H and O–H groups in total. The van der Waals surface area contributed by atoms with E-state index in [0.717, 1.165) is 30.2 Å². The first-order chi connectivity index (χ1) is 10.0. The highest BCUT2D eigenvalue weighted by atomic mass is 16.5. The van der Waals surface area contributed by atoms with Gasteiger partial charge in [0.05, 0.1) is 6.61 Å². The van der Waals surface area contributed by atoms with Gasteiger partial charge in [0.2, 0.25) is 0 Å². The molecular weight excluding hydrogens is 264 g/mol. The number of furan rings is 1. The molecule has 0 unspecified atom stereocenters. The average Bonchev–Trinajstić information content (AvgIpc) is 2.78. The molecule has 0 atom stereocenters. The third-order valence-electron chi connectivity index (χ3n) is 3.74. The van der Waals surface area contributed by atoms with Crippen LogP contribution in [0.3, 0.4) is 0 Å². The van der Waals surface area contributed by atoms with Crippen molar-refractivity contribution < 1.29 is 13.9 Å². The number of aryl methyl sites for hydroxylation is 1. The summed E-state index contributed by atoms with van der Waals surface area (Å²) in [6.45, 7) is 8.70. The van der Waals surface area contributed by atoms with E-state index < -0.39 is 0 Å². The third-order valence-corrected chi connectivity index (χ3v) is 3.74. The Labute approximate surface area is 126 Å². The van der Waals surface area contributed by atoms with Crippen LogP contribution in [0.25, 0.3) is 11.0 Å². The Balaban J connectivity index is 2.23. The highest BCUT2D eigenvalue weighted by Gasteiger charge is 2.19. The van der Waals surface area contributed by atoms with Crippen LogP contribution in [-0.4, -0.2) is 12.6 Å². The van der Waals surface area contributed by atoms with E-state index in [0.29, 0.717) is 23.8 Å². The smallest absolute Gasteiger partial charge is 0.342 e. The van der Waals surface area contributed by atoms with Crippen molar-refractivity contribution in [3.05, 3.63) is 35.1 Å². The summed E-state index contributed by atoms with van der Waals surface area (Å²) in [6.07, 6.45) is 3.11. The van der Waals surface area contributed by atoms with Crippen LogP contribution in [-0.2, 0) is 4.74 Å². The molecule has 0 aliphatic heterocycles. The number of hydrogen-bond donors (Lipinski definition) is 0. The van der Waals surface area contributed by atoms with Crippen LogP contribution in [0.4, 0.5) is 0 Å². The van der Waals surface area contributed by atoms with Gasteiger partial charge in [-0.25, -0.2) is 4.79 Å². The van der Waals surface area contributed by atoms with Crippen LogP contribution in [0.1, 0.15) is 67.6 Å². The molecule has 0 bridgehead atoms. The maximum absolute atomic E-state index is 12.2. The summed E-state index contributed by atoms with van der Waals surface area (Å²) in [6, 6.07) is 6.03. The molecule has 0 aliphatic carbocycles. The fourth-order valence-electron chi connectivity index (χ4n) is 2.44. The molecule has 0 saturated carbocycles. The fourth-order valence-corrected chi connectivity index (χ4v) is 2.44. The largest absolute Gasteiger partial charge is 0.462 e. The van der Waals surface area contributed by atoms with E-state index in [4.69, 9.17) is 9.15 Å². The minimum atomic E-state index is -0.278. The lowest BCUT2D eigenvalue weighted by Crippen LogP contribution is -2.07. The maximum Gasteiger partial charge on any atom is 0.342 e. The molecule has 0 radical (unpaired) electrons. The number of esters is 1. The number of benzene rings is 1. The third kappa shape index (κ3) is 3.46. The second-order valence-electron chi connectivity index (χ2n) is 5.79. The molecule has 1 aromatic carbocycles. The Morgan fingerprint density at radius 1 is 1.29 bits per heavy atom. The van der Waals surface area contributed by atoms with Gasteiger partial charge in [-0.15, -0.1) is 0 Å². The molecule has 2 rings (SSSR count). The first-order valence-electron chi connectivity index (χ1n) is 7.74. The molecule has 114 valence electrons. The summed E-state index contributed by atoms with van der Waals surface area (Å²) < 4.78 is 11.1. The van der Waals surface area contributed by atoms with Gasteiger partial charge in [0, 0.05) is 5.39 Å². The summed E-state index contributed by atoms with van der Waals surface area (Å²) in [5, 5.41) is 0.845. The van der Waals surface area contributed by atoms with Crippen LogP contribution in [0, 0.1) is 6.92 Å². The van der Waals surface area contributed by atoms with Gasteiger partial charge in [0.1, 0.15) is 16.9 Å². The van der Waals surface area contributed by atoms with Crippen molar-refractivity contribution in [3.8, 4) is 0 Å². The van der Waals surface area contributed by atoms with Crippen LogP contribution >= 0.6 is 0 Å². The van der Waals surface area contributed by atoms with Crippen LogP contribution in [0.15, 0.2) is 22.6 Å². The van der Waals surface area contributed by atoms with Crippen molar-refractivity contribution in [2.75, 3.05) is 6.61 Å². The van der Waals surface area contributed by atoms with Crippen molar-refractivity contribution in [2.45, 2.75) is 52.9 Å². The monoisotopic (exact) mass is 288 g/mol. The molecule has 0 amide bonds. The molecule has 1 heterocycles. The Bertz CT molecular complexity index is 623. The van der Waals surface area contributed by atoms with Gasteiger partial charge in [-0.3, -0.25) is 0 Å². The number of carbonyl (C=O) groups is 1. The summed E-state index contributed by atoms with van der Waals surface area (Å²) in [5.74, 6) is 0.787. The van der Waals surface area contributed by atoms with Crippen LogP contribution < -0.4 is 0 Å². The molecule has 3 nitrogen and oxygen atoms in total. The number of unbranched alkanes of at least 4 members (excludes halogenated alkanes) is 2. The molecule has 0 aliphatic rings. The number of rotatable bonds is 6. The maximum atomic E-state index is 12.2. The van der Waals surface area contributed by atoms with Crippen molar-refractivity contribution in [3.63, 3.8) is 0 Å². The summed E-state index contributed by atoms with van der Waals surface area (Å²) in [4.78, 5) is 12.2. The van der Waals surface area contributed by atoms with Crippen molar-refractivity contribution >= 4 is 16.9 Å². The standard InChI is InChI=1S/C18H24O3/c1-5-6-7-10-20-18(19)17-13(4)21-16-11-14(12(2)3)8-9-15(16)17/h8-9,11-12H,5-7,10H2,1-4H3. The van der Waals surface area contributed by atoms with Crippen molar-refractivity contribution in [1.29, 1.82) is 0 Å². The normalized spacial score (nSPS) is 11.3. The van der Waals surface area contributed by atoms with E-state index in [-0.39, 0.29) is 5.97 Å². The quantitative estimate of drug-likeness (QED) is 0.541. The molecule has 0 saturated heterocycles. The summed E-state index contributed by atoms with van der Waals surface area (Å²) in [7, 11) is 0. The average molecular weight is 288 g/mol. The number of carbonyl (C=O) groups excluding carboxylic acids is 1. The topological polar surface area (TPSA) is 39.4 Å². The van der Waals surface area contributed by atoms with Gasteiger partial charge in [-0.05, 0) is 37.0 Å². The Morgan fingerprint density at radius 2 is 2.05 bits per heavy atom. The predicted molar refractivity (Wildman–Crippen MR) is 84.8 cm³/mol. The van der Waals surface area contributed by atoms with Crippen LogP contribution in [0.5, 0.6) is 0 Å². The highest BCUT2D eigenvalue weighted by Crippen LogP contribution is 2.29. The number of fused-ring (bicyclic) bond motifs is 1. The zero-order valence-electron chi connectivity index (χ0n) is 13.4. The second kappa shape index (κ2) is 6.79. The zero-order valence-corrected chi connectivity index (χ0v) is 13.4. The van der Waals surface area contributed by atoms with E-state index in [2.05, 4.69) is 26.8 Å². The van der Waals surface area contributed by atoms with Crippen molar-refractivity contribution in [2.24, 2.45) is 0 Å². The van der Waals surface area contributed by atoms with Gasteiger partial charge in [-0.1, -0.05) is 39.7 Å². The first-order valence-corrected chi connectivity index (χ1v) is 7.74. The molecule has 2 aromatic rings. The lowest BCUT2D eigenvalue weighted by molar-refractivity contribution is 0.0498. The minimum absolute atomic E-state index is 0.278. The second-order valence-corrected chi connectivity index (χ2v) is 5.79. The molecule has 0 fully saturated rings. The number of ether oxygens (including phenoxy) is 1. The predicted octanol–water partition coefficient (Wildman–Crippen LogP) is 5.21. The van der Waals surface area contributed by atoms with Gasteiger partial charge >= 0.3 is 5.97 Å². The molecule has 1 aromatic heterocycles. The Morgan fingerprint density at radius 3 is 2.71 bits per heavy atom. The number of hydrogen-bond acceptors (Lipinski definition) is 3. The van der Waals surface area contributed by atoms with Crippen LogP contribution in [0.2, 0.25) is 0 Å². The van der Waals surface area contributed by atoms with E-state index >= 15 is 0 Å². The van der Waals surface area contributed by atoms with E-state index in [9.17, 15) is 4.79 Å². The first kappa shape index (κ1) is 15.6. The summed E-state index contributed by atoms with van der Waals surface area (Å²) >= 11 is 0. The fraction of sp³-hybridized carbons (Fsp3) is 0.500. The van der Waals surface area contributed by atoms with Crippen molar-refractivity contribution in [1.82, 2.24) is 0 Å².